The van der Waals surface area contributed by atoms with Gasteiger partial charge in [-0.1, -0.05) is 13.2 Å². The molecular formula is C20H42ClNaO8Si2. The fraction of sp³-hybridized carbons (Fsp3) is 0.700. The molecule has 0 unspecified atom stereocenters. The number of carboxylic acids is 2. The molecule has 0 saturated carbocycles. The van der Waals surface area contributed by atoms with Gasteiger partial charge in [0.25, 0.3) is 0 Å². The Hall–Kier alpha value is -0.0162. The maximum absolute atomic E-state index is 10.5. The van der Waals surface area contributed by atoms with Gasteiger partial charge in [0.05, 0.1) is 0 Å². The van der Waals surface area contributed by atoms with Crippen molar-refractivity contribution in [3.63, 3.8) is 0 Å². The summed E-state index contributed by atoms with van der Waals surface area (Å²) in [6, 6.07) is 1.68. The number of carboxylic acid groups (broad SMARTS) is 2. The Morgan fingerprint density at radius 2 is 0.938 bits per heavy atom. The van der Waals surface area contributed by atoms with Crippen LogP contribution in [-0.2, 0) is 27.3 Å². The number of rotatable bonds is 18. The molecule has 2 N–H and O–H groups in total. The number of hydrogen-bond donors (Lipinski definition) is 2. The van der Waals surface area contributed by atoms with Gasteiger partial charge in [0.1, 0.15) is 0 Å². The van der Waals surface area contributed by atoms with E-state index in [1.165, 1.54) is 0 Å². The van der Waals surface area contributed by atoms with Gasteiger partial charge in [-0.2, -0.15) is 0 Å². The zero-order chi connectivity index (χ0) is 23.4. The standard InChI is InChI=1S/2C10H20O4Si.ClH.Na.H/c2*1-4-13-15(14-5-2)8-6-7-9(3)10(11)12;;;/h2*15H,3-8H2,1-2H3,(H,11,12);1H;;. The van der Waals surface area contributed by atoms with Crippen LogP contribution in [0, 0.1) is 0 Å². The van der Waals surface area contributed by atoms with E-state index in [1.807, 2.05) is 27.7 Å². The van der Waals surface area contributed by atoms with Gasteiger partial charge in [-0.05, 0) is 65.5 Å². The summed E-state index contributed by atoms with van der Waals surface area (Å²) >= 11 is 0. The van der Waals surface area contributed by atoms with Crippen LogP contribution in [0.5, 0.6) is 0 Å². The molecule has 0 bridgehead atoms. The van der Waals surface area contributed by atoms with Crippen molar-refractivity contribution in [3.05, 3.63) is 24.3 Å². The van der Waals surface area contributed by atoms with Gasteiger partial charge in [-0.25, -0.2) is 9.59 Å². The molecule has 0 atom stereocenters. The summed E-state index contributed by atoms with van der Waals surface area (Å²) in [5.41, 5.74) is 0.520. The van der Waals surface area contributed by atoms with Gasteiger partial charge in [0.2, 0.25) is 0 Å². The van der Waals surface area contributed by atoms with Crippen molar-refractivity contribution in [2.45, 2.75) is 65.5 Å². The van der Waals surface area contributed by atoms with E-state index < -0.39 is 30.5 Å². The van der Waals surface area contributed by atoms with E-state index in [1.54, 1.807) is 0 Å². The SMILES string of the molecule is C=C(CCC[SiH](OCC)OCC)C(=O)O.C=C(CCC[SiH](OCC)OCC)C(=O)O.Cl.[NaH]. The molecular weight excluding hydrogens is 483 g/mol. The van der Waals surface area contributed by atoms with Crippen LogP contribution in [-0.4, -0.2) is 96.7 Å². The number of halogens is 1. The second kappa shape index (κ2) is 27.2. The summed E-state index contributed by atoms with van der Waals surface area (Å²) in [5.74, 6) is -1.83. The van der Waals surface area contributed by atoms with Crippen LogP contribution in [0.15, 0.2) is 24.3 Å². The first-order chi connectivity index (χ1) is 14.2. The van der Waals surface area contributed by atoms with Crippen LogP contribution < -0.4 is 0 Å². The quantitative estimate of drug-likeness (QED) is 0.208. The third-order valence-electron chi connectivity index (χ3n) is 3.85. The second-order valence-electron chi connectivity index (χ2n) is 6.28. The van der Waals surface area contributed by atoms with E-state index in [0.717, 1.165) is 24.9 Å². The summed E-state index contributed by atoms with van der Waals surface area (Å²) in [4.78, 5) is 21.0. The fourth-order valence-electron chi connectivity index (χ4n) is 2.35. The van der Waals surface area contributed by atoms with Crippen LogP contribution in [0.1, 0.15) is 53.4 Å². The normalized spacial score (nSPS) is 9.94. The van der Waals surface area contributed by atoms with Crippen molar-refractivity contribution < 1.29 is 37.5 Å². The average Bonchev–Trinajstić information content (AvgIpc) is 2.68. The Bertz CT molecular complexity index is 456. The minimum atomic E-state index is -1.56. The van der Waals surface area contributed by atoms with Crippen molar-refractivity contribution in [1.82, 2.24) is 0 Å². The molecule has 0 radical (unpaired) electrons. The van der Waals surface area contributed by atoms with Crippen LogP contribution in [0.3, 0.4) is 0 Å². The molecule has 0 aromatic carbocycles. The van der Waals surface area contributed by atoms with Crippen molar-refractivity contribution in [3.8, 4) is 0 Å². The van der Waals surface area contributed by atoms with Gasteiger partial charge in [0.15, 0.2) is 0 Å². The van der Waals surface area contributed by atoms with E-state index in [0.29, 0.717) is 39.3 Å². The monoisotopic (exact) mass is 524 g/mol. The zero-order valence-electron chi connectivity index (χ0n) is 19.4. The van der Waals surface area contributed by atoms with Crippen molar-refractivity contribution in [1.29, 1.82) is 0 Å². The Balaban J connectivity index is -0.000000231. The molecule has 0 aliphatic rings. The Labute approximate surface area is 225 Å². The first-order valence-corrected chi connectivity index (χ1v) is 14.0. The van der Waals surface area contributed by atoms with Crippen LogP contribution >= 0.6 is 12.4 Å². The van der Waals surface area contributed by atoms with Crippen molar-refractivity contribution in [2.24, 2.45) is 0 Å². The Morgan fingerprint density at radius 1 is 0.688 bits per heavy atom. The van der Waals surface area contributed by atoms with E-state index in [-0.39, 0.29) is 53.1 Å². The summed E-state index contributed by atoms with van der Waals surface area (Å²) in [5, 5.41) is 17.2. The van der Waals surface area contributed by atoms with Gasteiger partial charge >= 0.3 is 60.1 Å². The second-order valence-corrected chi connectivity index (χ2v) is 10.5. The first-order valence-electron chi connectivity index (χ1n) is 10.5. The molecule has 0 aromatic rings. The molecule has 12 heteroatoms. The summed E-state index contributed by atoms with van der Waals surface area (Å²) in [7, 11) is -3.12. The van der Waals surface area contributed by atoms with Crippen LogP contribution in [0.2, 0.25) is 12.1 Å². The Morgan fingerprint density at radius 3 is 1.12 bits per heavy atom. The summed E-state index contributed by atoms with van der Waals surface area (Å²) < 4.78 is 21.9. The molecule has 0 saturated heterocycles. The van der Waals surface area contributed by atoms with Gasteiger partial charge in [-0.15, -0.1) is 12.4 Å². The van der Waals surface area contributed by atoms with E-state index in [9.17, 15) is 9.59 Å². The first kappa shape index (κ1) is 39.2. The van der Waals surface area contributed by atoms with Gasteiger partial charge in [-0.3, -0.25) is 0 Å². The van der Waals surface area contributed by atoms with Crippen molar-refractivity contribution >= 4 is 72.5 Å². The third-order valence-corrected chi connectivity index (χ3v) is 8.43. The molecule has 0 rings (SSSR count). The summed E-state index contributed by atoms with van der Waals surface area (Å²) in [6.45, 7) is 17.4. The molecule has 0 fully saturated rings. The molecule has 0 spiro atoms. The molecule has 0 amide bonds. The zero-order valence-corrected chi connectivity index (χ0v) is 22.5. The predicted octanol–water partition coefficient (Wildman–Crippen LogP) is 3.18. The van der Waals surface area contributed by atoms with E-state index in [2.05, 4.69) is 13.2 Å². The van der Waals surface area contributed by atoms with Gasteiger partial charge < -0.3 is 27.9 Å². The Kier molecular flexibility index (Phi) is 33.4. The van der Waals surface area contributed by atoms with E-state index in [4.69, 9.17) is 27.9 Å². The fourth-order valence-corrected chi connectivity index (χ4v) is 5.77. The predicted molar refractivity (Wildman–Crippen MR) is 137 cm³/mol. The molecule has 0 aliphatic carbocycles. The topological polar surface area (TPSA) is 112 Å². The number of carbonyl (C=O) groups is 2. The molecule has 0 heterocycles. The number of hydrogen-bond acceptors (Lipinski definition) is 6. The molecule has 32 heavy (non-hydrogen) atoms. The van der Waals surface area contributed by atoms with Crippen molar-refractivity contribution in [2.75, 3.05) is 26.4 Å². The maximum atomic E-state index is 10.5. The van der Waals surface area contributed by atoms with E-state index >= 15 is 0 Å². The third kappa shape index (κ3) is 24.6. The van der Waals surface area contributed by atoms with Crippen LogP contribution in [0.4, 0.5) is 0 Å². The molecule has 0 aliphatic heterocycles. The van der Waals surface area contributed by atoms with Crippen LogP contribution in [0.25, 0.3) is 0 Å². The van der Waals surface area contributed by atoms with Gasteiger partial charge in [0, 0.05) is 37.6 Å². The average molecular weight is 525 g/mol. The molecule has 186 valence electrons. The summed E-state index contributed by atoms with van der Waals surface area (Å²) in [6.07, 6.45) is 2.59. The molecule has 8 nitrogen and oxygen atoms in total. The molecule has 0 aromatic heterocycles. The minimum absolute atomic E-state index is 0. The number of aliphatic carboxylic acids is 2.